The van der Waals surface area contributed by atoms with E-state index in [0.29, 0.717) is 46.6 Å². The van der Waals surface area contributed by atoms with Gasteiger partial charge in [0, 0.05) is 17.2 Å². The Balaban J connectivity index is 1.19. The topological polar surface area (TPSA) is 186 Å². The van der Waals surface area contributed by atoms with Crippen molar-refractivity contribution in [3.8, 4) is 0 Å². The van der Waals surface area contributed by atoms with Crippen LogP contribution in [0.2, 0.25) is 0 Å². The summed E-state index contributed by atoms with van der Waals surface area (Å²) >= 11 is 0. The summed E-state index contributed by atoms with van der Waals surface area (Å²) in [5.41, 5.74) is -1.12. The predicted molar refractivity (Wildman–Crippen MR) is 203 cm³/mol. The molecule has 3 saturated carbocycles. The standard InChI is InChI=1S/C40H49N5O9S/c1-5-12-24-22-40(24,37(48)44-55(50,51)27-19-20-27)42-35(46)30-21-26(54-43-33-28-15-8-10-17-31(28)53-32-18-11-9-16-29(32)33)23-45(30)36(47)34(39(2,3)4)41-38(49)52-25-13-6-7-14-25/h5,8-11,15-18,24-27,30,34H,1,6-7,12-14,19-23H2,2-4H3,(H,41,49)(H,42,46)(H,44,48)/t24-,26-,30+,34-,40-/m1/s1. The fourth-order valence-electron chi connectivity index (χ4n) is 7.77. The number of alkyl carbamates (subject to hydrolysis) is 1. The van der Waals surface area contributed by atoms with Crippen LogP contribution in [0.15, 0.2) is 70.8 Å². The van der Waals surface area contributed by atoms with E-state index in [9.17, 15) is 27.6 Å². The molecule has 1 aliphatic heterocycles. The van der Waals surface area contributed by atoms with Gasteiger partial charge in [-0.15, -0.1) is 6.58 Å². The first-order valence-electron chi connectivity index (χ1n) is 19.1. The molecule has 15 heteroatoms. The van der Waals surface area contributed by atoms with E-state index in [2.05, 4.69) is 27.1 Å². The van der Waals surface area contributed by atoms with E-state index < -0.39 is 74.1 Å². The molecule has 1 aromatic heterocycles. The number of carbonyl (C=O) groups is 4. The first-order chi connectivity index (χ1) is 26.2. The molecule has 3 aliphatic carbocycles. The third-order valence-corrected chi connectivity index (χ3v) is 12.9. The Morgan fingerprint density at radius 2 is 1.64 bits per heavy atom. The lowest BCUT2D eigenvalue weighted by atomic mass is 9.85. The molecule has 0 radical (unpaired) electrons. The summed E-state index contributed by atoms with van der Waals surface area (Å²) < 4.78 is 39.5. The molecule has 3 N–H and O–H groups in total. The summed E-state index contributed by atoms with van der Waals surface area (Å²) in [6, 6.07) is 12.6. The van der Waals surface area contributed by atoms with Crippen LogP contribution in [0.1, 0.15) is 78.6 Å². The molecule has 4 fully saturated rings. The summed E-state index contributed by atoms with van der Waals surface area (Å²) in [4.78, 5) is 63.3. The van der Waals surface area contributed by atoms with Gasteiger partial charge >= 0.3 is 6.09 Å². The molecule has 0 spiro atoms. The first kappa shape index (κ1) is 38.4. The minimum absolute atomic E-state index is 0.00171. The molecule has 55 heavy (non-hydrogen) atoms. The highest BCUT2D eigenvalue weighted by atomic mass is 32.2. The van der Waals surface area contributed by atoms with Gasteiger partial charge in [-0.25, -0.2) is 13.2 Å². The number of allylic oxidation sites excluding steroid dienone is 1. The fourth-order valence-corrected chi connectivity index (χ4v) is 9.13. The lowest BCUT2D eigenvalue weighted by molar-refractivity contribution is -0.143. The van der Waals surface area contributed by atoms with E-state index in [1.165, 1.54) is 4.90 Å². The first-order valence-corrected chi connectivity index (χ1v) is 20.6. The van der Waals surface area contributed by atoms with Crippen LogP contribution in [0.25, 0.3) is 21.9 Å². The highest BCUT2D eigenvalue weighted by Gasteiger charge is 2.62. The van der Waals surface area contributed by atoms with Gasteiger partial charge in [-0.3, -0.25) is 19.1 Å². The molecular formula is C40H49N5O9S. The largest absolute Gasteiger partial charge is 0.456 e. The normalized spacial score (nSPS) is 24.6. The van der Waals surface area contributed by atoms with Gasteiger partial charge in [-0.1, -0.05) is 56.3 Å². The fraction of sp³-hybridized carbons (Fsp3) is 0.525. The van der Waals surface area contributed by atoms with Gasteiger partial charge in [0.1, 0.15) is 46.4 Å². The van der Waals surface area contributed by atoms with E-state index in [-0.39, 0.29) is 25.5 Å². The maximum absolute atomic E-state index is 14.6. The van der Waals surface area contributed by atoms with Gasteiger partial charge in [-0.2, -0.15) is 0 Å². The van der Waals surface area contributed by atoms with E-state index >= 15 is 0 Å². The smallest absolute Gasteiger partial charge is 0.408 e. The Morgan fingerprint density at radius 1 is 1.00 bits per heavy atom. The van der Waals surface area contributed by atoms with Crippen molar-refractivity contribution in [1.82, 2.24) is 20.3 Å². The zero-order valence-corrected chi connectivity index (χ0v) is 32.2. The van der Waals surface area contributed by atoms with Gasteiger partial charge in [0.2, 0.25) is 21.8 Å². The van der Waals surface area contributed by atoms with Crippen molar-refractivity contribution < 1.29 is 41.6 Å². The molecule has 5 atom stereocenters. The Labute approximate surface area is 320 Å². The zero-order valence-electron chi connectivity index (χ0n) is 31.4. The maximum Gasteiger partial charge on any atom is 0.408 e. The summed E-state index contributed by atoms with van der Waals surface area (Å²) in [6.45, 7) is 9.12. The molecular weight excluding hydrogens is 727 g/mol. The van der Waals surface area contributed by atoms with Gasteiger partial charge in [-0.05, 0) is 87.0 Å². The molecule has 4 aliphatic rings. The van der Waals surface area contributed by atoms with Crippen molar-refractivity contribution >= 4 is 55.8 Å². The number of nitrogens with zero attached hydrogens (tertiary/aromatic N) is 2. The average Bonchev–Trinajstić information content (AvgIpc) is 4.01. The van der Waals surface area contributed by atoms with Gasteiger partial charge in [0.25, 0.3) is 5.91 Å². The van der Waals surface area contributed by atoms with Crippen molar-refractivity contribution in [2.24, 2.45) is 16.5 Å². The quantitative estimate of drug-likeness (QED) is 0.135. The number of rotatable bonds is 12. The van der Waals surface area contributed by atoms with Crippen LogP contribution in [-0.4, -0.2) is 78.8 Å². The van der Waals surface area contributed by atoms with Gasteiger partial charge in [0.05, 0.1) is 11.8 Å². The number of fused-ring (bicyclic) bond motifs is 2. The molecule has 14 nitrogen and oxygen atoms in total. The number of ether oxygens (including phenoxy) is 1. The maximum atomic E-state index is 14.6. The van der Waals surface area contributed by atoms with E-state index in [1.807, 2.05) is 48.5 Å². The predicted octanol–water partition coefficient (Wildman–Crippen LogP) is 4.53. The third kappa shape index (κ3) is 8.07. The van der Waals surface area contributed by atoms with Crippen molar-refractivity contribution in [1.29, 1.82) is 0 Å². The monoisotopic (exact) mass is 775 g/mol. The van der Waals surface area contributed by atoms with E-state index in [4.69, 9.17) is 14.0 Å². The second-order valence-corrected chi connectivity index (χ2v) is 18.3. The van der Waals surface area contributed by atoms with Crippen LogP contribution in [-0.2, 0) is 34.0 Å². The average molecular weight is 776 g/mol. The van der Waals surface area contributed by atoms with Crippen LogP contribution in [0, 0.1) is 11.3 Å². The number of amides is 4. The lowest BCUT2D eigenvalue weighted by Crippen LogP contribution is -2.60. The van der Waals surface area contributed by atoms with Gasteiger partial charge in [0.15, 0.2) is 0 Å². The third-order valence-electron chi connectivity index (χ3n) is 11.1. The molecule has 0 unspecified atom stereocenters. The summed E-state index contributed by atoms with van der Waals surface area (Å²) in [5, 5.41) is 11.5. The number of hydrogen-bond donors (Lipinski definition) is 3. The number of nitrogens with one attached hydrogen (secondary N) is 3. The van der Waals surface area contributed by atoms with Crippen LogP contribution < -0.4 is 20.7 Å². The number of benzene rings is 2. The Kier molecular flexibility index (Phi) is 10.4. The Bertz CT molecular complexity index is 2130. The van der Waals surface area contributed by atoms with Gasteiger partial charge < -0.3 is 29.5 Å². The molecule has 294 valence electrons. The molecule has 2 aromatic carbocycles. The van der Waals surface area contributed by atoms with Crippen LogP contribution in [0.4, 0.5) is 4.79 Å². The minimum atomic E-state index is -3.90. The summed E-state index contributed by atoms with van der Waals surface area (Å²) in [7, 11) is -3.90. The van der Waals surface area contributed by atoms with Crippen LogP contribution in [0.5, 0.6) is 0 Å². The molecule has 0 bridgehead atoms. The Hall–Kier alpha value is -4.92. The zero-order chi connectivity index (χ0) is 39.1. The molecule has 2 heterocycles. The number of sulfonamides is 1. The highest BCUT2D eigenvalue weighted by molar-refractivity contribution is 7.91. The van der Waals surface area contributed by atoms with Crippen molar-refractivity contribution in [2.75, 3.05) is 6.54 Å². The van der Waals surface area contributed by atoms with Crippen molar-refractivity contribution in [3.05, 3.63) is 66.5 Å². The summed E-state index contributed by atoms with van der Waals surface area (Å²) in [5.74, 6) is -2.39. The lowest BCUT2D eigenvalue weighted by Gasteiger charge is -2.35. The minimum Gasteiger partial charge on any atom is -0.456 e. The molecule has 3 aromatic rings. The highest BCUT2D eigenvalue weighted by Crippen LogP contribution is 2.47. The van der Waals surface area contributed by atoms with Crippen molar-refractivity contribution in [3.63, 3.8) is 0 Å². The van der Waals surface area contributed by atoms with Crippen LogP contribution >= 0.6 is 0 Å². The van der Waals surface area contributed by atoms with E-state index in [1.54, 1.807) is 26.8 Å². The van der Waals surface area contributed by atoms with Crippen molar-refractivity contribution in [2.45, 2.75) is 114 Å². The number of hydrogen-bond acceptors (Lipinski definition) is 10. The second-order valence-electron chi connectivity index (χ2n) is 16.3. The second kappa shape index (κ2) is 15.0. The van der Waals surface area contributed by atoms with Crippen LogP contribution in [0.3, 0.4) is 0 Å². The number of likely N-dealkylation sites (tertiary alicyclic amines) is 1. The molecule has 7 rings (SSSR count). The van der Waals surface area contributed by atoms with E-state index in [0.717, 1.165) is 25.7 Å². The number of carbonyl (C=O) groups excluding carboxylic acids is 4. The molecule has 4 amide bonds. The Morgan fingerprint density at radius 3 is 2.24 bits per heavy atom. The number of para-hydroxylation sites is 2. The SMILES string of the molecule is C=CC[C@@H]1C[C@]1(NC(=O)[C@@H]1C[C@@H](ON=c2c3ccccc3oc3ccccc23)CN1C(=O)[C@@H](NC(=O)OC1CCCC1)C(C)(C)C)C(=O)NS(=O)(=O)C1CC1. The summed E-state index contributed by atoms with van der Waals surface area (Å²) in [6.07, 6.45) is 4.81. The molecule has 1 saturated heterocycles.